The molecule has 0 saturated carbocycles. The Labute approximate surface area is 120 Å². The van der Waals surface area contributed by atoms with Gasteiger partial charge in [0.25, 0.3) is 0 Å². The summed E-state index contributed by atoms with van der Waals surface area (Å²) >= 11 is 1.87. The zero-order chi connectivity index (χ0) is 14.1. The van der Waals surface area contributed by atoms with E-state index in [-0.39, 0.29) is 6.61 Å². The molecule has 0 aliphatic rings. The molecule has 19 heavy (non-hydrogen) atoms. The van der Waals surface area contributed by atoms with Gasteiger partial charge in [0.1, 0.15) is 5.75 Å². The van der Waals surface area contributed by atoms with E-state index in [1.54, 1.807) is 0 Å². The Balaban J connectivity index is 2.49. The van der Waals surface area contributed by atoms with Crippen LogP contribution in [0.15, 0.2) is 24.3 Å². The van der Waals surface area contributed by atoms with E-state index >= 15 is 0 Å². The van der Waals surface area contributed by atoms with E-state index in [9.17, 15) is 0 Å². The Hall–Kier alpha value is -0.710. The lowest BCUT2D eigenvalue weighted by Gasteiger charge is -2.17. The fraction of sp³-hybridized carbons (Fsp3) is 0.600. The van der Waals surface area contributed by atoms with Gasteiger partial charge in [-0.05, 0) is 43.3 Å². The van der Waals surface area contributed by atoms with E-state index < -0.39 is 0 Å². The van der Waals surface area contributed by atoms with Crippen molar-refractivity contribution < 1.29 is 9.84 Å². The number of hydrogen-bond donors (Lipinski definition) is 2. The van der Waals surface area contributed by atoms with Crippen LogP contribution in [0.4, 0.5) is 0 Å². The van der Waals surface area contributed by atoms with Gasteiger partial charge in [0, 0.05) is 18.4 Å². The Kier molecular flexibility index (Phi) is 7.94. The van der Waals surface area contributed by atoms with E-state index in [0.29, 0.717) is 18.6 Å². The van der Waals surface area contributed by atoms with Crippen LogP contribution in [-0.4, -0.2) is 36.9 Å². The summed E-state index contributed by atoms with van der Waals surface area (Å²) < 4.78 is 5.45. The third-order valence-electron chi connectivity index (χ3n) is 2.94. The molecule has 0 heterocycles. The molecule has 1 aromatic rings. The van der Waals surface area contributed by atoms with Crippen molar-refractivity contribution in [2.75, 3.05) is 31.8 Å². The van der Waals surface area contributed by atoms with E-state index in [1.165, 1.54) is 5.56 Å². The molecule has 2 atom stereocenters. The van der Waals surface area contributed by atoms with Crippen LogP contribution < -0.4 is 10.1 Å². The molecule has 0 aromatic heterocycles. The molecular weight excluding hydrogens is 258 g/mol. The first kappa shape index (κ1) is 16.3. The third-order valence-corrected chi connectivity index (χ3v) is 4.31. The average Bonchev–Trinajstić information content (AvgIpc) is 2.45. The Morgan fingerprint density at radius 3 is 2.47 bits per heavy atom. The molecule has 0 radical (unpaired) electrons. The lowest BCUT2D eigenvalue weighted by atomic mass is 10.1. The van der Waals surface area contributed by atoms with Crippen LogP contribution in [0, 0.1) is 5.92 Å². The predicted molar refractivity (Wildman–Crippen MR) is 83.0 cm³/mol. The molecule has 0 saturated heterocycles. The van der Waals surface area contributed by atoms with Crippen molar-refractivity contribution in [2.24, 2.45) is 5.92 Å². The quantitative estimate of drug-likeness (QED) is 0.731. The minimum Gasteiger partial charge on any atom is -0.494 e. The number of ether oxygens (including phenoxy) is 1. The summed E-state index contributed by atoms with van der Waals surface area (Å²) in [6, 6.07) is 8.60. The fourth-order valence-corrected chi connectivity index (χ4v) is 2.99. The minimum absolute atomic E-state index is 0.264. The Morgan fingerprint density at radius 2 is 1.95 bits per heavy atom. The molecule has 0 spiro atoms. The van der Waals surface area contributed by atoms with Gasteiger partial charge in [-0.25, -0.2) is 0 Å². The maximum absolute atomic E-state index is 9.01. The summed E-state index contributed by atoms with van der Waals surface area (Å²) in [5, 5.41) is 12.3. The van der Waals surface area contributed by atoms with Crippen molar-refractivity contribution >= 4 is 11.8 Å². The zero-order valence-electron chi connectivity index (χ0n) is 12.1. The second-order valence-corrected chi connectivity index (χ2v) is 5.74. The van der Waals surface area contributed by atoms with Gasteiger partial charge in [0.2, 0.25) is 0 Å². The lowest BCUT2D eigenvalue weighted by Crippen LogP contribution is -2.19. The summed E-state index contributed by atoms with van der Waals surface area (Å²) in [5.74, 6) is 3.28. The topological polar surface area (TPSA) is 41.5 Å². The van der Waals surface area contributed by atoms with E-state index in [1.807, 2.05) is 37.9 Å². The Morgan fingerprint density at radius 1 is 1.26 bits per heavy atom. The number of nitrogens with one attached hydrogen (secondary N) is 1. The molecule has 108 valence electrons. The molecular formula is C15H25NO2S. The second-order valence-electron chi connectivity index (χ2n) is 4.67. The van der Waals surface area contributed by atoms with Crippen LogP contribution in [0.2, 0.25) is 0 Å². The summed E-state index contributed by atoms with van der Waals surface area (Å²) in [5.41, 5.74) is 1.27. The van der Waals surface area contributed by atoms with Crippen LogP contribution in [0.5, 0.6) is 5.75 Å². The van der Waals surface area contributed by atoms with Crippen molar-refractivity contribution in [3.8, 4) is 5.75 Å². The predicted octanol–water partition coefficient (Wildman–Crippen LogP) is 2.71. The number of thioether (sulfide) groups is 1. The van der Waals surface area contributed by atoms with Gasteiger partial charge in [0.15, 0.2) is 0 Å². The SMILES string of the molecule is CCOc1ccc(C(CSCC(C)CO)NC)cc1. The number of aliphatic hydroxyl groups excluding tert-OH is 1. The van der Waals surface area contributed by atoms with Gasteiger partial charge >= 0.3 is 0 Å². The first-order chi connectivity index (χ1) is 9.21. The first-order valence-corrected chi connectivity index (χ1v) is 7.95. The molecule has 0 aliphatic carbocycles. The highest BCUT2D eigenvalue weighted by atomic mass is 32.2. The van der Waals surface area contributed by atoms with Crippen molar-refractivity contribution in [3.05, 3.63) is 29.8 Å². The van der Waals surface area contributed by atoms with Gasteiger partial charge in [-0.3, -0.25) is 0 Å². The van der Waals surface area contributed by atoms with Crippen LogP contribution >= 0.6 is 11.8 Å². The smallest absolute Gasteiger partial charge is 0.119 e. The highest BCUT2D eigenvalue weighted by Gasteiger charge is 2.10. The summed E-state index contributed by atoms with van der Waals surface area (Å²) in [4.78, 5) is 0. The molecule has 0 fully saturated rings. The molecule has 3 nitrogen and oxygen atoms in total. The normalized spacial score (nSPS) is 14.1. The highest BCUT2D eigenvalue weighted by Crippen LogP contribution is 2.22. The van der Waals surface area contributed by atoms with Gasteiger partial charge in [-0.1, -0.05) is 19.1 Å². The number of benzene rings is 1. The van der Waals surface area contributed by atoms with Gasteiger partial charge < -0.3 is 15.2 Å². The first-order valence-electron chi connectivity index (χ1n) is 6.79. The molecule has 2 unspecified atom stereocenters. The number of aliphatic hydroxyl groups is 1. The van der Waals surface area contributed by atoms with Crippen LogP contribution in [-0.2, 0) is 0 Å². The number of rotatable bonds is 9. The monoisotopic (exact) mass is 283 g/mol. The van der Waals surface area contributed by atoms with Crippen molar-refractivity contribution in [2.45, 2.75) is 19.9 Å². The van der Waals surface area contributed by atoms with Crippen molar-refractivity contribution in [1.82, 2.24) is 5.32 Å². The molecule has 0 aliphatic heterocycles. The van der Waals surface area contributed by atoms with Crippen molar-refractivity contribution in [1.29, 1.82) is 0 Å². The Bertz CT molecular complexity index is 343. The van der Waals surface area contributed by atoms with Gasteiger partial charge in [0.05, 0.1) is 6.61 Å². The van der Waals surface area contributed by atoms with Crippen molar-refractivity contribution in [3.63, 3.8) is 0 Å². The van der Waals surface area contributed by atoms with E-state index in [4.69, 9.17) is 9.84 Å². The average molecular weight is 283 g/mol. The van der Waals surface area contributed by atoms with Crippen LogP contribution in [0.25, 0.3) is 0 Å². The molecule has 4 heteroatoms. The number of hydrogen-bond acceptors (Lipinski definition) is 4. The van der Waals surface area contributed by atoms with Gasteiger partial charge in [-0.2, -0.15) is 11.8 Å². The van der Waals surface area contributed by atoms with Crippen LogP contribution in [0.1, 0.15) is 25.5 Å². The molecule has 0 bridgehead atoms. The van der Waals surface area contributed by atoms with Crippen LogP contribution in [0.3, 0.4) is 0 Å². The largest absolute Gasteiger partial charge is 0.494 e. The van der Waals surface area contributed by atoms with E-state index in [0.717, 1.165) is 17.3 Å². The summed E-state index contributed by atoms with van der Waals surface area (Å²) in [6.45, 7) is 5.02. The minimum atomic E-state index is 0.264. The summed E-state index contributed by atoms with van der Waals surface area (Å²) in [6.07, 6.45) is 0. The molecule has 2 N–H and O–H groups in total. The maximum atomic E-state index is 9.01. The summed E-state index contributed by atoms with van der Waals surface area (Å²) in [7, 11) is 1.98. The highest BCUT2D eigenvalue weighted by molar-refractivity contribution is 7.99. The standard InChI is InChI=1S/C15H25NO2S/c1-4-18-14-7-5-13(6-8-14)15(16-3)11-19-10-12(2)9-17/h5-8,12,15-17H,4,9-11H2,1-3H3. The lowest BCUT2D eigenvalue weighted by molar-refractivity contribution is 0.250. The molecule has 0 amide bonds. The second kappa shape index (κ2) is 9.23. The molecule has 1 aromatic carbocycles. The third kappa shape index (κ3) is 5.85. The van der Waals surface area contributed by atoms with Gasteiger partial charge in [-0.15, -0.1) is 0 Å². The maximum Gasteiger partial charge on any atom is 0.119 e. The molecule has 1 rings (SSSR count). The zero-order valence-corrected chi connectivity index (χ0v) is 12.9. The van der Waals surface area contributed by atoms with E-state index in [2.05, 4.69) is 24.4 Å². The fourth-order valence-electron chi connectivity index (χ4n) is 1.75.